The van der Waals surface area contributed by atoms with Crippen molar-refractivity contribution in [3.63, 3.8) is 0 Å². The lowest BCUT2D eigenvalue weighted by Gasteiger charge is -2.27. The molecule has 4 atom stereocenters. The van der Waals surface area contributed by atoms with Gasteiger partial charge in [0.25, 0.3) is 0 Å². The van der Waals surface area contributed by atoms with Crippen LogP contribution in [0.25, 0.3) is 0 Å². The Labute approximate surface area is 113 Å². The fraction of sp³-hybridized carbons (Fsp3) is 0.545. The van der Waals surface area contributed by atoms with Crippen LogP contribution in [0, 0.1) is 5.92 Å². The van der Waals surface area contributed by atoms with Gasteiger partial charge in [-0.15, -0.1) is 0 Å². The van der Waals surface area contributed by atoms with Gasteiger partial charge in [-0.05, 0) is 24.5 Å². The molecule has 2 heterocycles. The van der Waals surface area contributed by atoms with E-state index in [1.54, 1.807) is 12.1 Å². The first-order valence-electron chi connectivity index (χ1n) is 6.01. The molecule has 1 aromatic rings. The number of hydrogen-bond donors (Lipinski definition) is 1. The highest BCUT2D eigenvalue weighted by Crippen LogP contribution is 2.38. The van der Waals surface area contributed by atoms with E-state index in [9.17, 15) is 9.46 Å². The van der Waals surface area contributed by atoms with E-state index < -0.39 is 7.75 Å². The lowest BCUT2D eigenvalue weighted by Crippen LogP contribution is -2.24. The van der Waals surface area contributed by atoms with Gasteiger partial charge in [-0.2, -0.15) is 0 Å². The van der Waals surface area contributed by atoms with Gasteiger partial charge in [-0.25, -0.2) is 0 Å². The van der Waals surface area contributed by atoms with Crippen LogP contribution in [0.2, 0.25) is 0 Å². The molecule has 0 spiro atoms. The van der Waals surface area contributed by atoms with Crippen molar-refractivity contribution in [1.82, 2.24) is 4.98 Å². The van der Waals surface area contributed by atoms with E-state index in [1.807, 2.05) is 6.92 Å². The SMILES string of the molecule is [B][C@H]1C[C@@H](C)[C@@H](COP(=O)([O-])Nc2ccncc2)O1. The highest BCUT2D eigenvalue weighted by Gasteiger charge is 2.30. The van der Waals surface area contributed by atoms with E-state index in [0.717, 1.165) is 0 Å². The van der Waals surface area contributed by atoms with Crippen LogP contribution in [-0.2, 0) is 13.8 Å². The Morgan fingerprint density at radius 1 is 1.63 bits per heavy atom. The third kappa shape index (κ3) is 4.32. The van der Waals surface area contributed by atoms with E-state index in [0.29, 0.717) is 12.1 Å². The van der Waals surface area contributed by atoms with Crippen LogP contribution in [0.1, 0.15) is 13.3 Å². The summed E-state index contributed by atoms with van der Waals surface area (Å²) in [6, 6.07) is 2.74. The Morgan fingerprint density at radius 3 is 2.89 bits per heavy atom. The Kier molecular flexibility index (Phi) is 4.63. The van der Waals surface area contributed by atoms with Crippen molar-refractivity contribution < 1.29 is 18.7 Å². The highest BCUT2D eigenvalue weighted by molar-refractivity contribution is 7.53. The summed E-state index contributed by atoms with van der Waals surface area (Å²) in [4.78, 5) is 15.5. The van der Waals surface area contributed by atoms with E-state index >= 15 is 0 Å². The van der Waals surface area contributed by atoms with Crippen LogP contribution in [0.4, 0.5) is 5.69 Å². The predicted octanol–water partition coefficient (Wildman–Crippen LogP) is 0.898. The van der Waals surface area contributed by atoms with Gasteiger partial charge in [-0.3, -0.25) is 9.55 Å². The zero-order valence-corrected chi connectivity index (χ0v) is 11.5. The first-order valence-corrected chi connectivity index (χ1v) is 7.55. The van der Waals surface area contributed by atoms with Gasteiger partial charge in [-0.1, -0.05) is 6.92 Å². The average molecular weight is 281 g/mol. The molecule has 6 nitrogen and oxygen atoms in total. The smallest absolute Gasteiger partial charge is 0.229 e. The molecule has 19 heavy (non-hydrogen) atoms. The van der Waals surface area contributed by atoms with E-state index in [4.69, 9.17) is 17.1 Å². The van der Waals surface area contributed by atoms with Gasteiger partial charge in [0.1, 0.15) is 7.85 Å². The van der Waals surface area contributed by atoms with E-state index in [2.05, 4.69) is 10.1 Å². The molecule has 1 unspecified atom stereocenters. The normalized spacial score (nSPS) is 29.9. The molecule has 1 saturated heterocycles. The predicted molar refractivity (Wildman–Crippen MR) is 69.6 cm³/mol. The van der Waals surface area contributed by atoms with E-state index in [1.165, 1.54) is 12.4 Å². The Balaban J connectivity index is 1.86. The largest absolute Gasteiger partial charge is 0.762 e. The van der Waals surface area contributed by atoms with Crippen LogP contribution in [0.15, 0.2) is 24.5 Å². The van der Waals surface area contributed by atoms with E-state index in [-0.39, 0.29) is 24.6 Å². The second kappa shape index (κ2) is 6.05. The number of pyridine rings is 1. The first-order chi connectivity index (χ1) is 8.96. The van der Waals surface area contributed by atoms with Gasteiger partial charge < -0.3 is 19.2 Å². The Hall–Kier alpha value is -0.875. The van der Waals surface area contributed by atoms with Crippen LogP contribution in [-0.4, -0.2) is 31.5 Å². The van der Waals surface area contributed by atoms with Crippen molar-refractivity contribution in [2.75, 3.05) is 11.7 Å². The average Bonchev–Trinajstić information content (AvgIpc) is 2.66. The molecule has 0 aliphatic carbocycles. The second-order valence-corrected chi connectivity index (χ2v) is 6.04. The van der Waals surface area contributed by atoms with Crippen LogP contribution < -0.4 is 9.98 Å². The Bertz CT molecular complexity index is 461. The molecule has 2 rings (SSSR count). The molecule has 1 N–H and O–H groups in total. The molecule has 0 amide bonds. The minimum absolute atomic E-state index is 0.0340. The molecule has 2 radical (unpaired) electrons. The molecule has 102 valence electrons. The van der Waals surface area contributed by atoms with Crippen molar-refractivity contribution in [3.8, 4) is 0 Å². The monoisotopic (exact) mass is 281 g/mol. The lowest BCUT2D eigenvalue weighted by atomic mass is 9.92. The van der Waals surface area contributed by atoms with Crippen molar-refractivity contribution in [2.45, 2.75) is 25.5 Å². The number of anilines is 1. The number of rotatable bonds is 5. The molecule has 1 aliphatic rings. The fourth-order valence-electron chi connectivity index (χ4n) is 1.92. The summed E-state index contributed by atoms with van der Waals surface area (Å²) in [5.41, 5.74) is 0.408. The van der Waals surface area contributed by atoms with Crippen molar-refractivity contribution in [3.05, 3.63) is 24.5 Å². The molecule has 8 heteroatoms. The van der Waals surface area contributed by atoms with Crippen molar-refractivity contribution in [1.29, 1.82) is 0 Å². The zero-order valence-electron chi connectivity index (χ0n) is 10.6. The molecule has 0 bridgehead atoms. The van der Waals surface area contributed by atoms with Gasteiger partial charge in [0.2, 0.25) is 7.75 Å². The van der Waals surface area contributed by atoms with Gasteiger partial charge in [0.05, 0.1) is 12.7 Å². The summed E-state index contributed by atoms with van der Waals surface area (Å²) >= 11 is 0. The molecular formula is C11H15BN2O4P-. The number of hydrogen-bond acceptors (Lipinski definition) is 5. The summed E-state index contributed by atoms with van der Waals surface area (Å²) in [6.45, 7) is 1.92. The number of nitrogens with zero attached hydrogens (tertiary/aromatic N) is 1. The maximum Gasteiger partial charge on any atom is 0.229 e. The second-order valence-electron chi connectivity index (χ2n) is 4.57. The lowest BCUT2D eigenvalue weighted by molar-refractivity contribution is -0.198. The summed E-state index contributed by atoms with van der Waals surface area (Å²) < 4.78 is 22.0. The van der Waals surface area contributed by atoms with Crippen molar-refractivity contribution in [2.24, 2.45) is 5.92 Å². The van der Waals surface area contributed by atoms with Crippen LogP contribution >= 0.6 is 7.75 Å². The van der Waals surface area contributed by atoms with Gasteiger partial charge in [0, 0.05) is 24.1 Å². The number of aromatic nitrogens is 1. The first kappa shape index (κ1) is 14.5. The van der Waals surface area contributed by atoms with Crippen molar-refractivity contribution >= 4 is 21.3 Å². The van der Waals surface area contributed by atoms with Gasteiger partial charge in [0.15, 0.2) is 0 Å². The molecular weight excluding hydrogens is 266 g/mol. The molecule has 1 aliphatic heterocycles. The highest BCUT2D eigenvalue weighted by atomic mass is 31.2. The molecule has 1 aromatic heterocycles. The van der Waals surface area contributed by atoms with Crippen LogP contribution in [0.3, 0.4) is 0 Å². The zero-order chi connectivity index (χ0) is 13.9. The summed E-state index contributed by atoms with van der Waals surface area (Å²) in [5, 5.41) is 2.32. The molecule has 0 aromatic carbocycles. The maximum atomic E-state index is 11.7. The summed E-state index contributed by atoms with van der Waals surface area (Å²) in [6.07, 6.45) is 3.39. The molecule has 0 saturated carbocycles. The standard InChI is InChI=1S/C11H16BN2O4P/c1-8-6-11(12)18-10(8)7-17-19(15,16)14-9-2-4-13-5-3-9/h2-5,8,10-11H,6-7H2,1H3,(H2,13,14,15,16)/p-1/t8-,10-,11-/m1/s1. The summed E-state index contributed by atoms with van der Waals surface area (Å²) in [5.74, 6) is 0.177. The third-order valence-corrected chi connectivity index (χ3v) is 3.96. The maximum absolute atomic E-state index is 11.7. The Morgan fingerprint density at radius 2 is 2.32 bits per heavy atom. The molecule has 1 fully saturated rings. The number of nitrogens with one attached hydrogen (secondary N) is 1. The minimum atomic E-state index is -4.16. The summed E-state index contributed by atoms with van der Waals surface area (Å²) in [7, 11) is 1.47. The quantitative estimate of drug-likeness (QED) is 0.637. The van der Waals surface area contributed by atoms with Crippen LogP contribution in [0.5, 0.6) is 0 Å². The van der Waals surface area contributed by atoms with Gasteiger partial charge >= 0.3 is 0 Å². The fourth-order valence-corrected chi connectivity index (χ4v) is 2.80. The topological polar surface area (TPSA) is 83.5 Å². The minimum Gasteiger partial charge on any atom is -0.762 e. The number of ether oxygens (including phenoxy) is 1. The third-order valence-electron chi connectivity index (χ3n) is 2.94.